The van der Waals surface area contributed by atoms with Gasteiger partial charge >= 0.3 is 0 Å². The molecule has 64 valence electrons. The fourth-order valence-corrected chi connectivity index (χ4v) is 1.26. The lowest BCUT2D eigenvalue weighted by molar-refractivity contribution is -0.108. The number of halogens is 1. The largest absolute Gasteiger partial charge is 0.303 e. The number of hydrogen-bond donors (Lipinski definition) is 0. The van der Waals surface area contributed by atoms with Crippen molar-refractivity contribution in [2.24, 2.45) is 0 Å². The minimum Gasteiger partial charge on any atom is -0.303 e. The number of carbonyl (C=O) groups is 1. The van der Waals surface area contributed by atoms with Gasteiger partial charge in [0.2, 0.25) is 0 Å². The Labute approximate surface area is 76.6 Å². The Morgan fingerprint density at radius 3 is 2.92 bits per heavy atom. The first-order chi connectivity index (χ1) is 5.66. The molecule has 0 radical (unpaired) electrons. The van der Waals surface area contributed by atoms with Crippen LogP contribution in [0.2, 0.25) is 5.15 Å². The molecule has 0 aliphatic heterocycles. The molecule has 0 saturated heterocycles. The zero-order chi connectivity index (χ0) is 9.14. The molecule has 0 aliphatic rings. The fraction of sp³-hybridized carbons (Fsp3) is 0.333. The van der Waals surface area contributed by atoms with Gasteiger partial charge in [-0.15, -0.1) is 0 Å². The Hall–Kier alpha value is -0.890. The van der Waals surface area contributed by atoms with Crippen LogP contribution in [-0.4, -0.2) is 11.3 Å². The minimum absolute atomic E-state index is 0.106. The molecule has 0 amide bonds. The molecule has 0 bridgehead atoms. The van der Waals surface area contributed by atoms with E-state index in [1.807, 2.05) is 19.9 Å². The van der Waals surface area contributed by atoms with Gasteiger partial charge in [-0.05, 0) is 24.1 Å². The maximum atomic E-state index is 10.5. The maximum absolute atomic E-state index is 10.5. The average molecular weight is 184 g/mol. The number of carbonyl (C=O) groups excluding carboxylic acids is 1. The summed E-state index contributed by atoms with van der Waals surface area (Å²) in [4.78, 5) is 14.4. The molecule has 2 nitrogen and oxygen atoms in total. The zero-order valence-electron chi connectivity index (χ0n) is 7.04. The van der Waals surface area contributed by atoms with E-state index in [0.717, 1.165) is 17.4 Å². The van der Waals surface area contributed by atoms with E-state index < -0.39 is 0 Å². The first-order valence-corrected chi connectivity index (χ1v) is 4.11. The van der Waals surface area contributed by atoms with Crippen LogP contribution in [0.4, 0.5) is 0 Å². The number of aldehydes is 1. The van der Waals surface area contributed by atoms with Crippen molar-refractivity contribution < 1.29 is 4.79 Å². The van der Waals surface area contributed by atoms with Crippen molar-refractivity contribution in [2.75, 3.05) is 0 Å². The SMILES string of the molecule is Cc1c(C(C)C=O)ccnc1Cl. The summed E-state index contributed by atoms with van der Waals surface area (Å²) in [7, 11) is 0. The lowest BCUT2D eigenvalue weighted by Crippen LogP contribution is -1.98. The zero-order valence-corrected chi connectivity index (χ0v) is 7.80. The first-order valence-electron chi connectivity index (χ1n) is 3.73. The molecule has 3 heteroatoms. The van der Waals surface area contributed by atoms with Crippen LogP contribution in [0.1, 0.15) is 24.0 Å². The van der Waals surface area contributed by atoms with E-state index in [1.54, 1.807) is 6.20 Å². The molecule has 0 spiro atoms. The molecule has 1 unspecified atom stereocenters. The van der Waals surface area contributed by atoms with E-state index in [-0.39, 0.29) is 5.92 Å². The van der Waals surface area contributed by atoms with E-state index >= 15 is 0 Å². The van der Waals surface area contributed by atoms with Crippen LogP contribution >= 0.6 is 11.6 Å². The van der Waals surface area contributed by atoms with Gasteiger partial charge in [0.05, 0.1) is 0 Å². The van der Waals surface area contributed by atoms with Gasteiger partial charge in [-0.1, -0.05) is 18.5 Å². The second kappa shape index (κ2) is 3.68. The van der Waals surface area contributed by atoms with Crippen LogP contribution in [0.5, 0.6) is 0 Å². The molecular weight excluding hydrogens is 174 g/mol. The summed E-state index contributed by atoms with van der Waals surface area (Å²) in [5.74, 6) is -0.106. The number of nitrogens with zero attached hydrogens (tertiary/aromatic N) is 1. The lowest BCUT2D eigenvalue weighted by atomic mass is 10.00. The van der Waals surface area contributed by atoms with Crippen LogP contribution in [0, 0.1) is 6.92 Å². The van der Waals surface area contributed by atoms with Gasteiger partial charge in [0, 0.05) is 12.1 Å². The van der Waals surface area contributed by atoms with Gasteiger partial charge in [-0.3, -0.25) is 0 Å². The Bertz CT molecular complexity index is 299. The van der Waals surface area contributed by atoms with E-state index in [4.69, 9.17) is 11.6 Å². The number of rotatable bonds is 2. The van der Waals surface area contributed by atoms with Gasteiger partial charge in [0.15, 0.2) is 0 Å². The van der Waals surface area contributed by atoms with E-state index in [1.165, 1.54) is 0 Å². The minimum atomic E-state index is -0.106. The Balaban J connectivity index is 3.15. The predicted octanol–water partition coefficient (Wildman–Crippen LogP) is 2.35. The normalized spacial score (nSPS) is 12.6. The third kappa shape index (κ3) is 1.64. The van der Waals surface area contributed by atoms with Crippen molar-refractivity contribution in [3.05, 3.63) is 28.5 Å². The van der Waals surface area contributed by atoms with Crippen molar-refractivity contribution in [2.45, 2.75) is 19.8 Å². The van der Waals surface area contributed by atoms with E-state index in [9.17, 15) is 4.79 Å². The van der Waals surface area contributed by atoms with Gasteiger partial charge in [0.1, 0.15) is 11.4 Å². The molecule has 1 aromatic rings. The fourth-order valence-electron chi connectivity index (χ4n) is 1.09. The molecule has 0 N–H and O–H groups in total. The van der Waals surface area contributed by atoms with Crippen molar-refractivity contribution >= 4 is 17.9 Å². The smallest absolute Gasteiger partial charge is 0.132 e. The van der Waals surface area contributed by atoms with E-state index in [0.29, 0.717) is 5.15 Å². The van der Waals surface area contributed by atoms with Crippen molar-refractivity contribution in [3.63, 3.8) is 0 Å². The molecule has 0 aliphatic carbocycles. The molecule has 1 atom stereocenters. The maximum Gasteiger partial charge on any atom is 0.132 e. The quantitative estimate of drug-likeness (QED) is 0.521. The highest BCUT2D eigenvalue weighted by molar-refractivity contribution is 6.30. The summed E-state index contributed by atoms with van der Waals surface area (Å²) in [5.41, 5.74) is 1.84. The molecule has 0 fully saturated rings. The molecular formula is C9H10ClNO. The molecule has 0 saturated carbocycles. The second-order valence-electron chi connectivity index (χ2n) is 2.74. The highest BCUT2D eigenvalue weighted by Crippen LogP contribution is 2.21. The van der Waals surface area contributed by atoms with Crippen LogP contribution < -0.4 is 0 Å². The Morgan fingerprint density at radius 2 is 2.33 bits per heavy atom. The monoisotopic (exact) mass is 183 g/mol. The molecule has 12 heavy (non-hydrogen) atoms. The Morgan fingerprint density at radius 1 is 1.67 bits per heavy atom. The number of hydrogen-bond acceptors (Lipinski definition) is 2. The number of pyridine rings is 1. The topological polar surface area (TPSA) is 30.0 Å². The predicted molar refractivity (Wildman–Crippen MR) is 48.5 cm³/mol. The third-order valence-corrected chi connectivity index (χ3v) is 2.26. The highest BCUT2D eigenvalue weighted by Gasteiger charge is 2.09. The summed E-state index contributed by atoms with van der Waals surface area (Å²) in [6.07, 6.45) is 2.52. The summed E-state index contributed by atoms with van der Waals surface area (Å²) in [6, 6.07) is 1.82. The van der Waals surface area contributed by atoms with E-state index in [2.05, 4.69) is 4.98 Å². The summed E-state index contributed by atoms with van der Waals surface area (Å²) >= 11 is 5.79. The lowest BCUT2D eigenvalue weighted by Gasteiger charge is -2.07. The number of aromatic nitrogens is 1. The van der Waals surface area contributed by atoms with Gasteiger partial charge < -0.3 is 4.79 Å². The van der Waals surface area contributed by atoms with Crippen molar-refractivity contribution in [1.82, 2.24) is 4.98 Å². The summed E-state index contributed by atoms with van der Waals surface area (Å²) in [5, 5.41) is 0.473. The molecule has 1 aromatic heterocycles. The summed E-state index contributed by atoms with van der Waals surface area (Å²) < 4.78 is 0. The average Bonchev–Trinajstić information content (AvgIpc) is 2.08. The van der Waals surface area contributed by atoms with Crippen LogP contribution in [0.15, 0.2) is 12.3 Å². The second-order valence-corrected chi connectivity index (χ2v) is 3.10. The molecule has 0 aromatic carbocycles. The Kier molecular flexibility index (Phi) is 2.82. The van der Waals surface area contributed by atoms with Gasteiger partial charge in [-0.2, -0.15) is 0 Å². The van der Waals surface area contributed by atoms with Gasteiger partial charge in [0.25, 0.3) is 0 Å². The summed E-state index contributed by atoms with van der Waals surface area (Å²) in [6.45, 7) is 3.70. The van der Waals surface area contributed by atoms with Crippen LogP contribution in [0.25, 0.3) is 0 Å². The molecule has 1 rings (SSSR count). The third-order valence-electron chi connectivity index (χ3n) is 1.88. The first kappa shape index (κ1) is 9.20. The van der Waals surface area contributed by atoms with Crippen LogP contribution in [0.3, 0.4) is 0 Å². The highest BCUT2D eigenvalue weighted by atomic mass is 35.5. The van der Waals surface area contributed by atoms with Crippen molar-refractivity contribution in [3.8, 4) is 0 Å². The standard InChI is InChI=1S/C9H10ClNO/c1-6(5-12)8-3-4-11-9(10)7(8)2/h3-6H,1-2H3. The van der Waals surface area contributed by atoms with Gasteiger partial charge in [-0.25, -0.2) is 4.98 Å². The van der Waals surface area contributed by atoms with Crippen LogP contribution in [-0.2, 0) is 4.79 Å². The van der Waals surface area contributed by atoms with Crippen molar-refractivity contribution in [1.29, 1.82) is 0 Å². The molecule has 1 heterocycles.